The molecule has 19 heavy (non-hydrogen) atoms. The summed E-state index contributed by atoms with van der Waals surface area (Å²) in [5, 5.41) is 3.59. The Morgan fingerprint density at radius 2 is 2.26 bits per heavy atom. The van der Waals surface area contributed by atoms with Crippen LogP contribution in [0.5, 0.6) is 5.75 Å². The summed E-state index contributed by atoms with van der Waals surface area (Å²) in [6.07, 6.45) is 4.24. The molecule has 2 heterocycles. The van der Waals surface area contributed by atoms with Crippen LogP contribution in [0.15, 0.2) is 18.2 Å². The largest absolute Gasteiger partial charge is 0.494 e. The van der Waals surface area contributed by atoms with E-state index in [0.29, 0.717) is 24.0 Å². The van der Waals surface area contributed by atoms with Gasteiger partial charge in [-0.3, -0.25) is 0 Å². The predicted octanol–water partition coefficient (Wildman–Crippen LogP) is 2.80. The molecule has 1 aromatic rings. The summed E-state index contributed by atoms with van der Waals surface area (Å²) in [4.78, 5) is 0. The first-order valence-electron chi connectivity index (χ1n) is 6.92. The Hall–Kier alpha value is -1.13. The van der Waals surface area contributed by atoms with E-state index in [9.17, 15) is 4.39 Å². The van der Waals surface area contributed by atoms with Crippen molar-refractivity contribution >= 4 is 0 Å². The van der Waals surface area contributed by atoms with Gasteiger partial charge in [0.15, 0.2) is 11.6 Å². The van der Waals surface area contributed by atoms with Crippen molar-refractivity contribution in [1.82, 2.24) is 5.32 Å². The lowest BCUT2D eigenvalue weighted by Gasteiger charge is -2.25. The Morgan fingerprint density at radius 1 is 1.42 bits per heavy atom. The second kappa shape index (κ2) is 5.10. The number of methoxy groups -OCH3 is 1. The molecule has 1 N–H and O–H groups in total. The molecule has 2 fully saturated rings. The van der Waals surface area contributed by atoms with Gasteiger partial charge in [0.25, 0.3) is 0 Å². The third kappa shape index (κ3) is 2.47. The molecule has 0 amide bonds. The lowest BCUT2D eigenvalue weighted by atomic mass is 9.94. The molecule has 0 radical (unpaired) electrons. The summed E-state index contributed by atoms with van der Waals surface area (Å²) in [5.41, 5.74) is 1.04. The third-order valence-corrected chi connectivity index (χ3v) is 4.25. The van der Waals surface area contributed by atoms with E-state index in [0.717, 1.165) is 18.4 Å². The molecule has 1 aromatic carbocycles. The van der Waals surface area contributed by atoms with Crippen molar-refractivity contribution in [1.29, 1.82) is 0 Å². The van der Waals surface area contributed by atoms with E-state index < -0.39 is 0 Å². The van der Waals surface area contributed by atoms with E-state index in [1.54, 1.807) is 6.07 Å². The fourth-order valence-electron chi connectivity index (χ4n) is 3.18. The number of hydrogen-bond donors (Lipinski definition) is 1. The number of benzene rings is 1. The Balaban J connectivity index is 1.68. The van der Waals surface area contributed by atoms with Crippen molar-refractivity contribution in [2.24, 2.45) is 0 Å². The number of nitrogens with one attached hydrogen (secondary N) is 1. The quantitative estimate of drug-likeness (QED) is 0.908. The molecule has 3 nitrogen and oxygen atoms in total. The molecular weight excluding hydrogens is 245 g/mol. The van der Waals surface area contributed by atoms with Crippen molar-refractivity contribution in [2.45, 2.75) is 50.5 Å². The molecule has 4 atom stereocenters. The van der Waals surface area contributed by atoms with Gasteiger partial charge in [0.1, 0.15) is 0 Å². The summed E-state index contributed by atoms with van der Waals surface area (Å²) in [5.74, 6) is -0.0166. The van der Waals surface area contributed by atoms with Crippen molar-refractivity contribution < 1.29 is 13.9 Å². The molecule has 2 aliphatic heterocycles. The molecule has 2 saturated heterocycles. The van der Waals surface area contributed by atoms with Crippen LogP contribution in [0.25, 0.3) is 0 Å². The molecule has 4 heteroatoms. The van der Waals surface area contributed by atoms with Crippen LogP contribution in [0, 0.1) is 5.82 Å². The molecule has 3 rings (SSSR count). The topological polar surface area (TPSA) is 30.5 Å². The summed E-state index contributed by atoms with van der Waals surface area (Å²) < 4.78 is 24.3. The Labute approximate surface area is 113 Å². The summed E-state index contributed by atoms with van der Waals surface area (Å²) in [7, 11) is 1.49. The first kappa shape index (κ1) is 12.9. The molecule has 0 aromatic heterocycles. The first-order valence-corrected chi connectivity index (χ1v) is 6.92. The van der Waals surface area contributed by atoms with Crippen molar-refractivity contribution in [2.75, 3.05) is 7.11 Å². The first-order chi connectivity index (χ1) is 9.17. The van der Waals surface area contributed by atoms with E-state index >= 15 is 0 Å². The molecule has 2 bridgehead atoms. The van der Waals surface area contributed by atoms with Gasteiger partial charge in [-0.25, -0.2) is 4.39 Å². The molecule has 0 saturated carbocycles. The molecule has 0 spiro atoms. The fraction of sp³-hybridized carbons (Fsp3) is 0.600. The van der Waals surface area contributed by atoms with Crippen molar-refractivity contribution in [3.8, 4) is 5.75 Å². The zero-order chi connectivity index (χ0) is 13.4. The van der Waals surface area contributed by atoms with Crippen molar-refractivity contribution in [3.05, 3.63) is 29.6 Å². The van der Waals surface area contributed by atoms with E-state index in [4.69, 9.17) is 9.47 Å². The average Bonchev–Trinajstić information content (AvgIpc) is 3.01. The highest BCUT2D eigenvalue weighted by atomic mass is 19.1. The highest BCUT2D eigenvalue weighted by molar-refractivity contribution is 5.32. The molecule has 0 unspecified atom stereocenters. The Kier molecular flexibility index (Phi) is 3.46. The van der Waals surface area contributed by atoms with Gasteiger partial charge in [0.2, 0.25) is 0 Å². The Bertz CT molecular complexity index is 465. The lowest BCUT2D eigenvalue weighted by Crippen LogP contribution is -2.38. The van der Waals surface area contributed by atoms with Gasteiger partial charge in [-0.1, -0.05) is 6.07 Å². The molecule has 0 aliphatic carbocycles. The van der Waals surface area contributed by atoms with Crippen molar-refractivity contribution in [3.63, 3.8) is 0 Å². The Morgan fingerprint density at radius 3 is 2.89 bits per heavy atom. The second-order valence-corrected chi connectivity index (χ2v) is 5.50. The third-order valence-electron chi connectivity index (χ3n) is 4.25. The van der Waals surface area contributed by atoms with E-state index in [-0.39, 0.29) is 11.9 Å². The molecule has 2 aliphatic rings. The van der Waals surface area contributed by atoms with Gasteiger partial charge < -0.3 is 14.8 Å². The van der Waals surface area contributed by atoms with Gasteiger partial charge in [0, 0.05) is 12.1 Å². The molecule has 104 valence electrons. The van der Waals surface area contributed by atoms with E-state index in [1.165, 1.54) is 19.6 Å². The number of fused-ring (bicyclic) bond motifs is 2. The smallest absolute Gasteiger partial charge is 0.165 e. The van der Waals surface area contributed by atoms with Gasteiger partial charge in [-0.15, -0.1) is 0 Å². The molecular formula is C15H20FNO2. The highest BCUT2D eigenvalue weighted by Gasteiger charge is 2.41. The normalized spacial score (nSPS) is 30.6. The van der Waals surface area contributed by atoms with E-state index in [1.807, 2.05) is 6.07 Å². The summed E-state index contributed by atoms with van der Waals surface area (Å²) >= 11 is 0. The minimum atomic E-state index is -0.318. The zero-order valence-electron chi connectivity index (χ0n) is 11.4. The van der Waals surface area contributed by atoms with Crippen LogP contribution >= 0.6 is 0 Å². The van der Waals surface area contributed by atoms with Crippen LogP contribution in [-0.2, 0) is 4.74 Å². The second-order valence-electron chi connectivity index (χ2n) is 5.50. The van der Waals surface area contributed by atoms with Gasteiger partial charge in [-0.2, -0.15) is 0 Å². The maximum Gasteiger partial charge on any atom is 0.165 e. The van der Waals surface area contributed by atoms with Gasteiger partial charge in [-0.05, 0) is 43.9 Å². The van der Waals surface area contributed by atoms with Gasteiger partial charge in [0.05, 0.1) is 19.3 Å². The van der Waals surface area contributed by atoms with Crippen LogP contribution in [0.1, 0.15) is 37.8 Å². The number of halogens is 1. The number of rotatable bonds is 4. The van der Waals surface area contributed by atoms with Gasteiger partial charge >= 0.3 is 0 Å². The van der Waals surface area contributed by atoms with Crippen LogP contribution in [0.4, 0.5) is 4.39 Å². The lowest BCUT2D eigenvalue weighted by molar-refractivity contribution is 0.0962. The fourth-order valence-corrected chi connectivity index (χ4v) is 3.18. The summed E-state index contributed by atoms with van der Waals surface area (Å²) in [6.45, 7) is 2.10. The minimum Gasteiger partial charge on any atom is -0.494 e. The maximum atomic E-state index is 13.4. The predicted molar refractivity (Wildman–Crippen MR) is 70.8 cm³/mol. The highest BCUT2D eigenvalue weighted by Crippen LogP contribution is 2.35. The number of ether oxygens (including phenoxy) is 2. The summed E-state index contributed by atoms with van der Waals surface area (Å²) in [6, 6.07) is 5.63. The van der Waals surface area contributed by atoms with Crippen LogP contribution in [0.2, 0.25) is 0 Å². The zero-order valence-corrected chi connectivity index (χ0v) is 11.4. The monoisotopic (exact) mass is 265 g/mol. The van der Waals surface area contributed by atoms with E-state index in [2.05, 4.69) is 12.2 Å². The number of hydrogen-bond acceptors (Lipinski definition) is 3. The standard InChI is InChI=1S/C15H20FNO2/c1-9(10-3-5-12(16)15(7-10)18-2)17-13-8-11-4-6-14(13)19-11/h3,5,7,9,11,13-14,17H,4,6,8H2,1-2H3/t9-,11-,13+,14-/m0/s1. The SMILES string of the molecule is COc1cc([C@H](C)N[C@@H]2C[C@@H]3CC[C@@H]2O3)ccc1F. The van der Waals surface area contributed by atoms with Crippen LogP contribution < -0.4 is 10.1 Å². The average molecular weight is 265 g/mol. The van der Waals surface area contributed by atoms with Crippen LogP contribution in [-0.4, -0.2) is 25.4 Å². The minimum absolute atomic E-state index is 0.169. The van der Waals surface area contributed by atoms with Crippen LogP contribution in [0.3, 0.4) is 0 Å². The maximum absolute atomic E-state index is 13.4.